The van der Waals surface area contributed by atoms with E-state index in [0.29, 0.717) is 35.6 Å². The zero-order valence-corrected chi connectivity index (χ0v) is 23.5. The number of cyclic esters (lactones) is 1. The van der Waals surface area contributed by atoms with Crippen LogP contribution in [0.5, 0.6) is 0 Å². The summed E-state index contributed by atoms with van der Waals surface area (Å²) in [5, 5.41) is 16.9. The third kappa shape index (κ3) is 3.92. The first-order valence-electron chi connectivity index (χ1n) is 14.4. The van der Waals surface area contributed by atoms with Gasteiger partial charge in [0.1, 0.15) is 6.61 Å². The lowest BCUT2D eigenvalue weighted by molar-refractivity contribution is -0.172. The third-order valence-corrected chi connectivity index (χ3v) is 8.84. The number of aliphatic imine (C=N–C) groups is 1. The Morgan fingerprint density at radius 2 is 1.70 bits per heavy atom. The molecule has 0 fully saturated rings. The maximum atomic E-state index is 13.5. The summed E-state index contributed by atoms with van der Waals surface area (Å²) in [5.74, 6) is -0.727. The predicted molar refractivity (Wildman–Crippen MR) is 167 cm³/mol. The van der Waals surface area contributed by atoms with E-state index in [9.17, 15) is 14.7 Å². The maximum absolute atomic E-state index is 13.5. The average Bonchev–Trinajstić information content (AvgIpc) is 3.39. The topological polar surface area (TPSA) is 93.8 Å². The molecule has 2 aliphatic rings. The van der Waals surface area contributed by atoms with Crippen LogP contribution in [0.15, 0.2) is 94.7 Å². The minimum Gasteiger partial charge on any atom is -0.458 e. The lowest BCUT2D eigenvalue weighted by Crippen LogP contribution is -2.44. The van der Waals surface area contributed by atoms with Crippen molar-refractivity contribution in [3.63, 3.8) is 0 Å². The lowest BCUT2D eigenvalue weighted by atomic mass is 9.86. The van der Waals surface area contributed by atoms with Gasteiger partial charge in [-0.2, -0.15) is 0 Å². The number of benzene rings is 4. The highest BCUT2D eigenvalue weighted by atomic mass is 16.6. The van der Waals surface area contributed by atoms with E-state index >= 15 is 0 Å². The van der Waals surface area contributed by atoms with Crippen molar-refractivity contribution in [2.24, 2.45) is 4.99 Å². The van der Waals surface area contributed by atoms with Gasteiger partial charge in [-0.1, -0.05) is 61.5 Å². The van der Waals surface area contributed by atoms with E-state index in [-0.39, 0.29) is 18.6 Å². The van der Waals surface area contributed by atoms with E-state index < -0.39 is 11.6 Å². The Bertz CT molecular complexity index is 2250. The second kappa shape index (κ2) is 9.44. The van der Waals surface area contributed by atoms with E-state index in [1.54, 1.807) is 17.6 Å². The van der Waals surface area contributed by atoms with Crippen molar-refractivity contribution in [3.05, 3.63) is 123 Å². The van der Waals surface area contributed by atoms with E-state index in [4.69, 9.17) is 14.7 Å². The summed E-state index contributed by atoms with van der Waals surface area (Å²) in [4.78, 5) is 35.8. The highest BCUT2D eigenvalue weighted by molar-refractivity contribution is 6.00. The van der Waals surface area contributed by atoms with Gasteiger partial charge in [0, 0.05) is 28.3 Å². The second-order valence-electron chi connectivity index (χ2n) is 11.4. The first-order chi connectivity index (χ1) is 20.9. The average molecular weight is 566 g/mol. The van der Waals surface area contributed by atoms with Gasteiger partial charge >= 0.3 is 5.97 Å². The molecule has 43 heavy (non-hydrogen) atoms. The number of ether oxygens (including phenoxy) is 1. The molecule has 0 amide bonds. The molecule has 210 valence electrons. The Morgan fingerprint density at radius 1 is 0.930 bits per heavy atom. The fourth-order valence-electron chi connectivity index (χ4n) is 6.47. The number of rotatable bonds is 4. The van der Waals surface area contributed by atoms with Crippen molar-refractivity contribution in [2.75, 3.05) is 0 Å². The van der Waals surface area contributed by atoms with Crippen molar-refractivity contribution in [1.82, 2.24) is 9.55 Å². The number of pyridine rings is 2. The number of esters is 1. The summed E-state index contributed by atoms with van der Waals surface area (Å²) in [6.45, 7) is 2.45. The molecule has 8 rings (SSSR count). The summed E-state index contributed by atoms with van der Waals surface area (Å²) in [5.41, 5.74) is 3.47. The number of nitrogens with zero attached hydrogens (tertiary/aromatic N) is 3. The van der Waals surface area contributed by atoms with Gasteiger partial charge in [0.05, 0.1) is 35.6 Å². The number of carbonyl (C=O) groups excluding carboxylic acids is 1. The molecule has 6 aromatic rings. The van der Waals surface area contributed by atoms with Gasteiger partial charge in [-0.25, -0.2) is 9.78 Å². The quantitative estimate of drug-likeness (QED) is 0.160. The molecule has 2 aliphatic heterocycles. The fourth-order valence-corrected chi connectivity index (χ4v) is 6.47. The van der Waals surface area contributed by atoms with Crippen LogP contribution < -0.4 is 5.56 Å². The first kappa shape index (κ1) is 25.6. The molecule has 0 bridgehead atoms. The molecule has 1 atom stereocenters. The Labute approximate surface area is 246 Å². The van der Waals surface area contributed by atoms with E-state index in [1.807, 2.05) is 24.4 Å². The van der Waals surface area contributed by atoms with Crippen molar-refractivity contribution in [1.29, 1.82) is 0 Å². The van der Waals surface area contributed by atoms with Crippen molar-refractivity contribution < 1.29 is 14.6 Å². The minimum absolute atomic E-state index is 0.105. The summed E-state index contributed by atoms with van der Waals surface area (Å²) in [6.07, 6.45) is 1.96. The minimum atomic E-state index is -1.85. The van der Waals surface area contributed by atoms with Gasteiger partial charge in [0.25, 0.3) is 5.56 Å². The van der Waals surface area contributed by atoms with Crippen LogP contribution in [0.4, 0.5) is 0 Å². The molecule has 0 aliphatic carbocycles. The van der Waals surface area contributed by atoms with E-state index in [2.05, 4.69) is 60.7 Å². The van der Waals surface area contributed by atoms with Gasteiger partial charge in [0.15, 0.2) is 5.60 Å². The number of fused-ring (bicyclic) bond motifs is 7. The molecule has 0 spiro atoms. The van der Waals surface area contributed by atoms with Gasteiger partial charge in [-0.15, -0.1) is 0 Å². The van der Waals surface area contributed by atoms with Crippen molar-refractivity contribution in [3.8, 4) is 11.4 Å². The highest BCUT2D eigenvalue weighted by Gasteiger charge is 2.45. The molecular formula is C36H27N3O4. The van der Waals surface area contributed by atoms with E-state index in [1.165, 1.54) is 21.5 Å². The Morgan fingerprint density at radius 3 is 2.51 bits per heavy atom. The van der Waals surface area contributed by atoms with Crippen LogP contribution in [-0.2, 0) is 34.8 Å². The van der Waals surface area contributed by atoms with Crippen molar-refractivity contribution in [2.45, 2.75) is 38.6 Å². The van der Waals surface area contributed by atoms with Crippen LogP contribution in [0, 0.1) is 0 Å². The molecule has 4 aromatic carbocycles. The number of para-hydroxylation sites is 1. The van der Waals surface area contributed by atoms with E-state index in [0.717, 1.165) is 27.6 Å². The highest BCUT2D eigenvalue weighted by Crippen LogP contribution is 2.38. The summed E-state index contributed by atoms with van der Waals surface area (Å²) >= 11 is 0. The Balaban J connectivity index is 1.16. The number of aromatic nitrogens is 2. The normalized spacial score (nSPS) is 17.4. The molecule has 0 saturated heterocycles. The van der Waals surface area contributed by atoms with Crippen molar-refractivity contribution >= 4 is 44.6 Å². The molecule has 0 saturated carbocycles. The monoisotopic (exact) mass is 565 g/mol. The van der Waals surface area contributed by atoms with Gasteiger partial charge in [0.2, 0.25) is 0 Å². The first-order valence-corrected chi connectivity index (χ1v) is 14.4. The fraction of sp³-hybridized carbons (Fsp3) is 0.167. The molecule has 4 heterocycles. The lowest BCUT2D eigenvalue weighted by Gasteiger charge is -2.31. The van der Waals surface area contributed by atoms with Crippen LogP contribution in [0.25, 0.3) is 43.8 Å². The summed E-state index contributed by atoms with van der Waals surface area (Å²) < 4.78 is 6.84. The van der Waals surface area contributed by atoms with Crippen LogP contribution >= 0.6 is 0 Å². The third-order valence-electron chi connectivity index (χ3n) is 8.84. The molecule has 7 heteroatoms. The zero-order valence-electron chi connectivity index (χ0n) is 23.5. The number of aliphatic hydroxyl groups is 1. The van der Waals surface area contributed by atoms with Gasteiger partial charge < -0.3 is 14.4 Å². The van der Waals surface area contributed by atoms with Crippen LogP contribution in [0.1, 0.15) is 41.2 Å². The number of hydrogen-bond donors (Lipinski definition) is 1. The smallest absolute Gasteiger partial charge is 0.343 e. The number of carbonyl (C=O) groups is 1. The van der Waals surface area contributed by atoms with Crippen LogP contribution in [0.3, 0.4) is 0 Å². The molecular weight excluding hydrogens is 538 g/mol. The van der Waals surface area contributed by atoms with Crippen LogP contribution in [-0.4, -0.2) is 26.8 Å². The molecule has 7 nitrogen and oxygen atoms in total. The summed E-state index contributed by atoms with van der Waals surface area (Å²) in [7, 11) is 0. The van der Waals surface area contributed by atoms with Crippen LogP contribution in [0.2, 0.25) is 0 Å². The SMILES string of the molecule is CC[C@@]1(O)C(=O)OCc2c1cc1n(c2=O)Cc2cc3cccc(C=NCc4ccc5cc6ccccc6cc5c4)c3nc2-1. The predicted octanol–water partition coefficient (Wildman–Crippen LogP) is 6.01. The molecule has 0 radical (unpaired) electrons. The molecule has 0 unspecified atom stereocenters. The Hall–Kier alpha value is -5.14. The second-order valence-corrected chi connectivity index (χ2v) is 11.4. The molecule has 1 N–H and O–H groups in total. The van der Waals surface area contributed by atoms with Gasteiger partial charge in [-0.3, -0.25) is 9.79 Å². The zero-order chi connectivity index (χ0) is 29.3. The maximum Gasteiger partial charge on any atom is 0.343 e. The van der Waals surface area contributed by atoms with Gasteiger partial charge in [-0.05, 0) is 63.9 Å². The standard InChI is InChI=1S/C36H27N3O4/c1-2-36(42)30-16-31-33-28(19-39(31)34(40)29(30)20-43-35(36)41)15-25-8-5-9-26(32(25)38-33)18-37-17-21-10-11-24-13-22-6-3-4-7-23(22)14-27(24)12-21/h3-16,18,42H,2,17,19-20H2,1H3/t36-/m0/s1. The number of hydrogen-bond acceptors (Lipinski definition) is 6. The molecule has 2 aromatic heterocycles. The summed E-state index contributed by atoms with van der Waals surface area (Å²) in [6, 6.07) is 29.0. The Kier molecular flexibility index (Phi) is 5.61. The largest absolute Gasteiger partial charge is 0.458 e.